The highest BCUT2D eigenvalue weighted by atomic mass is 16.5. The van der Waals surface area contributed by atoms with Crippen molar-refractivity contribution in [3.8, 4) is 5.75 Å². The Balaban J connectivity index is 1.64. The number of carbonyl (C=O) groups is 1. The smallest absolute Gasteiger partial charge is 0.240 e. The maximum absolute atomic E-state index is 12.2. The zero-order valence-corrected chi connectivity index (χ0v) is 15.1. The van der Waals surface area contributed by atoms with Gasteiger partial charge in [-0.05, 0) is 24.6 Å². The van der Waals surface area contributed by atoms with E-state index in [0.29, 0.717) is 18.8 Å². The third-order valence-corrected chi connectivity index (χ3v) is 4.05. The van der Waals surface area contributed by atoms with Crippen LogP contribution in [0.2, 0.25) is 0 Å². The number of nitrogens with zero attached hydrogens (tertiary/aromatic N) is 2. The molecule has 0 aliphatic rings. The van der Waals surface area contributed by atoms with Crippen LogP contribution in [0.4, 0.5) is 0 Å². The second-order valence-corrected chi connectivity index (χ2v) is 6.14. The Kier molecular flexibility index (Phi) is 5.99. The molecule has 6 heteroatoms. The third-order valence-electron chi connectivity index (χ3n) is 4.05. The maximum Gasteiger partial charge on any atom is 0.240 e. The van der Waals surface area contributed by atoms with E-state index in [2.05, 4.69) is 10.3 Å². The van der Waals surface area contributed by atoms with E-state index in [1.807, 2.05) is 48.5 Å². The van der Waals surface area contributed by atoms with E-state index in [9.17, 15) is 9.59 Å². The van der Waals surface area contributed by atoms with Gasteiger partial charge in [0.25, 0.3) is 0 Å². The summed E-state index contributed by atoms with van der Waals surface area (Å²) in [5.74, 6) is 0.0587. The van der Waals surface area contributed by atoms with E-state index in [-0.39, 0.29) is 23.6 Å². The van der Waals surface area contributed by atoms with Gasteiger partial charge in [-0.25, -0.2) is 0 Å². The molecule has 2 aromatic heterocycles. The highest BCUT2D eigenvalue weighted by Gasteiger charge is 2.09. The number of amides is 1. The molecule has 1 aromatic carbocycles. The van der Waals surface area contributed by atoms with E-state index in [0.717, 1.165) is 11.3 Å². The van der Waals surface area contributed by atoms with E-state index in [1.165, 1.54) is 6.07 Å². The van der Waals surface area contributed by atoms with Crippen LogP contribution in [0.5, 0.6) is 5.75 Å². The van der Waals surface area contributed by atoms with Gasteiger partial charge in [0.05, 0.1) is 18.4 Å². The van der Waals surface area contributed by atoms with Crippen LogP contribution in [0, 0.1) is 6.92 Å². The summed E-state index contributed by atoms with van der Waals surface area (Å²) in [6, 6.07) is 16.6. The molecule has 0 saturated heterocycles. The minimum absolute atomic E-state index is 0.0979. The van der Waals surface area contributed by atoms with Crippen molar-refractivity contribution in [3.63, 3.8) is 0 Å². The SMILES string of the molecule is Cc1cc(=O)c(OCc2ccccc2)cn1CC(=O)NCc1ccccn1. The van der Waals surface area contributed by atoms with Crippen LogP contribution in [0.25, 0.3) is 0 Å². The summed E-state index contributed by atoms with van der Waals surface area (Å²) in [5, 5.41) is 2.83. The number of rotatable bonds is 7. The third kappa shape index (κ3) is 5.28. The molecule has 1 N–H and O–H groups in total. The lowest BCUT2D eigenvalue weighted by Gasteiger charge is -2.13. The van der Waals surface area contributed by atoms with Crippen LogP contribution in [0.1, 0.15) is 17.0 Å². The minimum Gasteiger partial charge on any atom is -0.483 e. The molecule has 138 valence electrons. The monoisotopic (exact) mass is 363 g/mol. The number of benzene rings is 1. The predicted molar refractivity (Wildman–Crippen MR) is 102 cm³/mol. The minimum atomic E-state index is -0.200. The van der Waals surface area contributed by atoms with E-state index in [4.69, 9.17) is 4.74 Å². The van der Waals surface area contributed by atoms with Gasteiger partial charge in [-0.3, -0.25) is 14.6 Å². The Morgan fingerprint density at radius 3 is 2.67 bits per heavy atom. The van der Waals surface area contributed by atoms with Crippen molar-refractivity contribution in [2.24, 2.45) is 0 Å². The van der Waals surface area contributed by atoms with Gasteiger partial charge < -0.3 is 14.6 Å². The van der Waals surface area contributed by atoms with Crippen molar-refractivity contribution in [2.75, 3.05) is 0 Å². The normalized spacial score (nSPS) is 10.4. The molecule has 0 radical (unpaired) electrons. The quantitative estimate of drug-likeness (QED) is 0.700. The van der Waals surface area contributed by atoms with Crippen LogP contribution >= 0.6 is 0 Å². The topological polar surface area (TPSA) is 73.2 Å². The van der Waals surface area contributed by atoms with Crippen LogP contribution in [-0.2, 0) is 24.5 Å². The molecule has 1 amide bonds. The Labute approximate surface area is 157 Å². The average molecular weight is 363 g/mol. The molecule has 2 heterocycles. The van der Waals surface area contributed by atoms with Gasteiger partial charge in [0.15, 0.2) is 5.75 Å². The lowest BCUT2D eigenvalue weighted by Crippen LogP contribution is -2.28. The Hall–Kier alpha value is -3.41. The zero-order chi connectivity index (χ0) is 19.1. The van der Waals surface area contributed by atoms with Crippen molar-refractivity contribution in [1.82, 2.24) is 14.9 Å². The first-order valence-electron chi connectivity index (χ1n) is 8.66. The van der Waals surface area contributed by atoms with Crippen LogP contribution in [0.15, 0.2) is 71.8 Å². The molecular weight excluding hydrogens is 342 g/mol. The first-order valence-corrected chi connectivity index (χ1v) is 8.66. The summed E-state index contributed by atoms with van der Waals surface area (Å²) >= 11 is 0. The zero-order valence-electron chi connectivity index (χ0n) is 15.1. The Morgan fingerprint density at radius 2 is 1.93 bits per heavy atom. The summed E-state index contributed by atoms with van der Waals surface area (Å²) in [7, 11) is 0. The Morgan fingerprint density at radius 1 is 1.15 bits per heavy atom. The molecule has 0 aliphatic carbocycles. The van der Waals surface area contributed by atoms with Gasteiger partial charge in [0, 0.05) is 18.0 Å². The van der Waals surface area contributed by atoms with E-state index < -0.39 is 0 Å². The highest BCUT2D eigenvalue weighted by molar-refractivity contribution is 5.75. The fourth-order valence-electron chi connectivity index (χ4n) is 2.57. The van der Waals surface area contributed by atoms with E-state index >= 15 is 0 Å². The molecule has 3 rings (SSSR count). The average Bonchev–Trinajstić information content (AvgIpc) is 2.69. The number of aryl methyl sites for hydroxylation is 1. The molecule has 0 bridgehead atoms. The van der Waals surface area contributed by atoms with Crippen LogP contribution in [-0.4, -0.2) is 15.5 Å². The molecule has 0 unspecified atom stereocenters. The molecule has 0 saturated carbocycles. The molecule has 0 atom stereocenters. The molecular formula is C21H21N3O3. The first kappa shape index (κ1) is 18.4. The lowest BCUT2D eigenvalue weighted by molar-refractivity contribution is -0.121. The second kappa shape index (κ2) is 8.80. The molecule has 3 aromatic rings. The van der Waals surface area contributed by atoms with Gasteiger partial charge in [0.2, 0.25) is 11.3 Å². The summed E-state index contributed by atoms with van der Waals surface area (Å²) in [6.45, 7) is 2.54. The predicted octanol–water partition coefficient (Wildman–Crippen LogP) is 2.45. The summed E-state index contributed by atoms with van der Waals surface area (Å²) in [4.78, 5) is 28.6. The first-order chi connectivity index (χ1) is 13.1. The molecule has 0 aliphatic heterocycles. The largest absolute Gasteiger partial charge is 0.483 e. The number of hydrogen-bond donors (Lipinski definition) is 1. The van der Waals surface area contributed by atoms with Crippen LogP contribution < -0.4 is 15.5 Å². The number of ether oxygens (including phenoxy) is 1. The van der Waals surface area contributed by atoms with Crippen molar-refractivity contribution in [1.29, 1.82) is 0 Å². The highest BCUT2D eigenvalue weighted by Crippen LogP contribution is 2.09. The number of aromatic nitrogens is 2. The number of nitrogens with one attached hydrogen (secondary N) is 1. The molecule has 0 fully saturated rings. The second-order valence-electron chi connectivity index (χ2n) is 6.14. The summed E-state index contributed by atoms with van der Waals surface area (Å²) in [6.07, 6.45) is 3.27. The van der Waals surface area contributed by atoms with Gasteiger partial charge in [-0.15, -0.1) is 0 Å². The van der Waals surface area contributed by atoms with Crippen molar-refractivity contribution in [3.05, 3.63) is 94.2 Å². The van der Waals surface area contributed by atoms with Gasteiger partial charge >= 0.3 is 0 Å². The number of pyridine rings is 2. The number of carbonyl (C=O) groups excluding carboxylic acids is 1. The van der Waals surface area contributed by atoms with Crippen molar-refractivity contribution < 1.29 is 9.53 Å². The van der Waals surface area contributed by atoms with Crippen LogP contribution in [0.3, 0.4) is 0 Å². The molecule has 0 spiro atoms. The van der Waals surface area contributed by atoms with Crippen molar-refractivity contribution >= 4 is 5.91 Å². The van der Waals surface area contributed by atoms with E-state index in [1.54, 1.807) is 23.9 Å². The fraction of sp³-hybridized carbons (Fsp3) is 0.190. The standard InChI is InChI=1S/C21H21N3O3/c1-16-11-19(25)20(27-15-17-7-3-2-4-8-17)13-24(16)14-21(26)23-12-18-9-5-6-10-22-18/h2-11,13H,12,14-15H2,1H3,(H,23,26). The molecule has 27 heavy (non-hydrogen) atoms. The number of hydrogen-bond acceptors (Lipinski definition) is 4. The van der Waals surface area contributed by atoms with Gasteiger partial charge in [0.1, 0.15) is 13.2 Å². The lowest BCUT2D eigenvalue weighted by atomic mass is 10.2. The summed E-state index contributed by atoms with van der Waals surface area (Å²) in [5.41, 5.74) is 2.25. The fourth-order valence-corrected chi connectivity index (χ4v) is 2.57. The summed E-state index contributed by atoms with van der Waals surface area (Å²) < 4.78 is 7.36. The molecule has 6 nitrogen and oxygen atoms in total. The van der Waals surface area contributed by atoms with Gasteiger partial charge in [-0.1, -0.05) is 36.4 Å². The van der Waals surface area contributed by atoms with Gasteiger partial charge in [-0.2, -0.15) is 0 Å². The Bertz CT molecular complexity index is 953. The maximum atomic E-state index is 12.2. The van der Waals surface area contributed by atoms with Crippen molar-refractivity contribution in [2.45, 2.75) is 26.6 Å².